The van der Waals surface area contributed by atoms with E-state index in [0.29, 0.717) is 5.69 Å². The molecule has 0 spiro atoms. The molecule has 22 heavy (non-hydrogen) atoms. The van der Waals surface area contributed by atoms with Crippen molar-refractivity contribution < 1.29 is 4.79 Å². The molecule has 0 aliphatic rings. The van der Waals surface area contributed by atoms with Crippen molar-refractivity contribution in [3.05, 3.63) is 65.2 Å². The van der Waals surface area contributed by atoms with Crippen LogP contribution in [-0.4, -0.2) is 5.91 Å². The van der Waals surface area contributed by atoms with E-state index in [1.807, 2.05) is 30.3 Å². The highest BCUT2D eigenvalue weighted by atomic mass is 16.1. The number of amides is 1. The number of aryl methyl sites for hydroxylation is 2. The summed E-state index contributed by atoms with van der Waals surface area (Å²) in [7, 11) is 0. The molecule has 0 fully saturated rings. The molecule has 0 aromatic heterocycles. The predicted octanol–water partition coefficient (Wildman–Crippen LogP) is 4.05. The lowest BCUT2D eigenvalue weighted by molar-refractivity contribution is -0.111. The van der Waals surface area contributed by atoms with Crippen LogP contribution in [0.3, 0.4) is 0 Å². The molecule has 0 saturated heterocycles. The van der Waals surface area contributed by atoms with Crippen molar-refractivity contribution in [3.8, 4) is 0 Å². The molecule has 3 heteroatoms. The summed E-state index contributed by atoms with van der Waals surface area (Å²) in [4.78, 5) is 12.2. The molecule has 3 N–H and O–H groups in total. The standard InChI is InChI=1S/C19H22N2O/c1-3-15-8-6-9-16(4-2)19(15)21-18(22)12-11-14-7-5-10-17(20)13-14/h5-13H,3-4,20H2,1-2H3,(H,21,22)/b12-11+. The van der Waals surface area contributed by atoms with Crippen molar-refractivity contribution >= 4 is 23.4 Å². The summed E-state index contributed by atoms with van der Waals surface area (Å²) < 4.78 is 0. The van der Waals surface area contributed by atoms with E-state index < -0.39 is 0 Å². The second kappa shape index (κ2) is 7.46. The predicted molar refractivity (Wildman–Crippen MR) is 93.7 cm³/mol. The van der Waals surface area contributed by atoms with Crippen LogP contribution in [0.5, 0.6) is 0 Å². The zero-order valence-corrected chi connectivity index (χ0v) is 13.1. The van der Waals surface area contributed by atoms with Crippen LogP contribution in [0, 0.1) is 0 Å². The molecule has 0 radical (unpaired) electrons. The number of carbonyl (C=O) groups is 1. The number of hydrogen-bond acceptors (Lipinski definition) is 2. The van der Waals surface area contributed by atoms with Crippen LogP contribution in [0.25, 0.3) is 6.08 Å². The number of carbonyl (C=O) groups excluding carboxylic acids is 1. The third kappa shape index (κ3) is 3.98. The highest BCUT2D eigenvalue weighted by Gasteiger charge is 2.08. The van der Waals surface area contributed by atoms with Gasteiger partial charge in [0.2, 0.25) is 5.91 Å². The van der Waals surface area contributed by atoms with Crippen LogP contribution in [0.2, 0.25) is 0 Å². The van der Waals surface area contributed by atoms with Crippen molar-refractivity contribution in [1.82, 2.24) is 0 Å². The van der Waals surface area contributed by atoms with Gasteiger partial charge in [-0.05, 0) is 47.7 Å². The summed E-state index contributed by atoms with van der Waals surface area (Å²) in [6.45, 7) is 4.18. The lowest BCUT2D eigenvalue weighted by Crippen LogP contribution is -2.11. The van der Waals surface area contributed by atoms with Gasteiger partial charge < -0.3 is 11.1 Å². The topological polar surface area (TPSA) is 55.1 Å². The Kier molecular flexibility index (Phi) is 5.37. The first-order valence-electron chi connectivity index (χ1n) is 7.59. The monoisotopic (exact) mass is 294 g/mol. The molecule has 2 aromatic rings. The highest BCUT2D eigenvalue weighted by Crippen LogP contribution is 2.22. The van der Waals surface area contributed by atoms with Crippen molar-refractivity contribution in [2.75, 3.05) is 11.1 Å². The lowest BCUT2D eigenvalue weighted by atomic mass is 10.0. The maximum Gasteiger partial charge on any atom is 0.248 e. The Morgan fingerprint density at radius 1 is 1.09 bits per heavy atom. The summed E-state index contributed by atoms with van der Waals surface area (Å²) in [6, 6.07) is 13.6. The molecule has 0 bridgehead atoms. The minimum Gasteiger partial charge on any atom is -0.399 e. The van der Waals surface area contributed by atoms with Gasteiger partial charge in [-0.1, -0.05) is 44.2 Å². The minimum atomic E-state index is -0.127. The van der Waals surface area contributed by atoms with Crippen LogP contribution in [-0.2, 0) is 17.6 Å². The van der Waals surface area contributed by atoms with Crippen molar-refractivity contribution in [2.45, 2.75) is 26.7 Å². The van der Waals surface area contributed by atoms with Gasteiger partial charge in [0.25, 0.3) is 0 Å². The van der Waals surface area contributed by atoms with Gasteiger partial charge >= 0.3 is 0 Å². The summed E-state index contributed by atoms with van der Waals surface area (Å²) in [5.41, 5.74) is 10.6. The lowest BCUT2D eigenvalue weighted by Gasteiger charge is -2.13. The van der Waals surface area contributed by atoms with E-state index in [1.54, 1.807) is 12.2 Å². The summed E-state index contributed by atoms with van der Waals surface area (Å²) >= 11 is 0. The van der Waals surface area contributed by atoms with Crippen molar-refractivity contribution in [3.63, 3.8) is 0 Å². The zero-order valence-electron chi connectivity index (χ0n) is 13.1. The maximum atomic E-state index is 12.2. The Balaban J connectivity index is 2.15. The fraction of sp³-hybridized carbons (Fsp3) is 0.211. The van der Waals surface area contributed by atoms with Crippen molar-refractivity contribution in [1.29, 1.82) is 0 Å². The number of anilines is 2. The second-order valence-electron chi connectivity index (χ2n) is 5.15. The molecule has 0 heterocycles. The average Bonchev–Trinajstić information content (AvgIpc) is 2.53. The molecule has 2 aromatic carbocycles. The normalized spacial score (nSPS) is 10.8. The van der Waals surface area contributed by atoms with E-state index in [2.05, 4.69) is 31.3 Å². The van der Waals surface area contributed by atoms with Crippen LogP contribution < -0.4 is 11.1 Å². The molecule has 3 nitrogen and oxygen atoms in total. The van der Waals surface area contributed by atoms with Crippen LogP contribution in [0.1, 0.15) is 30.5 Å². The molecule has 0 aliphatic heterocycles. The van der Waals surface area contributed by atoms with E-state index in [4.69, 9.17) is 5.73 Å². The van der Waals surface area contributed by atoms with E-state index >= 15 is 0 Å². The van der Waals surface area contributed by atoms with E-state index in [-0.39, 0.29) is 5.91 Å². The van der Waals surface area contributed by atoms with Crippen LogP contribution in [0.15, 0.2) is 48.5 Å². The molecule has 0 unspecified atom stereocenters. The van der Waals surface area contributed by atoms with Gasteiger partial charge in [0.15, 0.2) is 0 Å². The number of hydrogen-bond donors (Lipinski definition) is 2. The van der Waals surface area contributed by atoms with Gasteiger partial charge in [0.05, 0.1) is 0 Å². The summed E-state index contributed by atoms with van der Waals surface area (Å²) in [5.74, 6) is -0.127. The molecule has 2 rings (SSSR count). The largest absolute Gasteiger partial charge is 0.399 e. The zero-order chi connectivity index (χ0) is 15.9. The molecule has 0 atom stereocenters. The van der Waals surface area contributed by atoms with Gasteiger partial charge in [-0.15, -0.1) is 0 Å². The van der Waals surface area contributed by atoms with E-state index in [9.17, 15) is 4.79 Å². The summed E-state index contributed by atoms with van der Waals surface area (Å²) in [5, 5.41) is 3.01. The van der Waals surface area contributed by atoms with Gasteiger partial charge in [-0.25, -0.2) is 0 Å². The quantitative estimate of drug-likeness (QED) is 0.646. The Bertz CT molecular complexity index is 667. The number of rotatable bonds is 5. The maximum absolute atomic E-state index is 12.2. The third-order valence-corrected chi connectivity index (χ3v) is 3.58. The molecule has 0 saturated carbocycles. The number of nitrogen functional groups attached to an aromatic ring is 1. The van der Waals surface area contributed by atoms with Gasteiger partial charge in [-0.2, -0.15) is 0 Å². The molecule has 1 amide bonds. The molecule has 0 aliphatic carbocycles. The first-order valence-corrected chi connectivity index (χ1v) is 7.59. The molecular weight excluding hydrogens is 272 g/mol. The highest BCUT2D eigenvalue weighted by molar-refractivity contribution is 6.02. The van der Waals surface area contributed by atoms with Crippen LogP contribution >= 0.6 is 0 Å². The minimum absolute atomic E-state index is 0.127. The SMILES string of the molecule is CCc1cccc(CC)c1NC(=O)/C=C/c1cccc(N)c1. The number of nitrogens with one attached hydrogen (secondary N) is 1. The molecular formula is C19H22N2O. The second-order valence-corrected chi connectivity index (χ2v) is 5.15. The third-order valence-electron chi connectivity index (χ3n) is 3.58. The Morgan fingerprint density at radius 3 is 2.32 bits per heavy atom. The van der Waals surface area contributed by atoms with Crippen LogP contribution in [0.4, 0.5) is 11.4 Å². The Morgan fingerprint density at radius 2 is 1.73 bits per heavy atom. The average molecular weight is 294 g/mol. The first kappa shape index (κ1) is 15.8. The Hall–Kier alpha value is -2.55. The number of nitrogens with two attached hydrogens (primary N) is 1. The smallest absolute Gasteiger partial charge is 0.248 e. The summed E-state index contributed by atoms with van der Waals surface area (Å²) in [6.07, 6.45) is 5.09. The fourth-order valence-electron chi connectivity index (χ4n) is 2.40. The number of para-hydroxylation sites is 1. The fourth-order valence-corrected chi connectivity index (χ4v) is 2.40. The van der Waals surface area contributed by atoms with Gasteiger partial charge in [-0.3, -0.25) is 4.79 Å². The van der Waals surface area contributed by atoms with E-state index in [0.717, 1.165) is 35.2 Å². The molecule has 114 valence electrons. The van der Waals surface area contributed by atoms with E-state index in [1.165, 1.54) is 0 Å². The Labute approximate surface area is 131 Å². The van der Waals surface area contributed by atoms with Crippen molar-refractivity contribution in [2.24, 2.45) is 0 Å². The first-order chi connectivity index (χ1) is 10.6. The van der Waals surface area contributed by atoms with Gasteiger partial charge in [0, 0.05) is 17.5 Å². The number of benzene rings is 2. The van der Waals surface area contributed by atoms with Gasteiger partial charge in [0.1, 0.15) is 0 Å².